The van der Waals surface area contributed by atoms with E-state index in [-0.39, 0.29) is 5.91 Å². The number of hydrogen-bond acceptors (Lipinski definition) is 4. The molecule has 2 heterocycles. The molecule has 6 heteroatoms. The van der Waals surface area contributed by atoms with Crippen molar-refractivity contribution < 1.29 is 4.79 Å². The summed E-state index contributed by atoms with van der Waals surface area (Å²) in [5.74, 6) is 0.429. The van der Waals surface area contributed by atoms with Gasteiger partial charge in [0.15, 0.2) is 0 Å². The van der Waals surface area contributed by atoms with E-state index in [0.29, 0.717) is 23.0 Å². The van der Waals surface area contributed by atoms with Crippen molar-refractivity contribution in [1.82, 2.24) is 10.3 Å². The van der Waals surface area contributed by atoms with Crippen LogP contribution in [0.1, 0.15) is 19.3 Å². The molecule has 0 radical (unpaired) electrons. The van der Waals surface area contributed by atoms with Crippen molar-refractivity contribution in [3.8, 4) is 0 Å². The summed E-state index contributed by atoms with van der Waals surface area (Å²) in [4.78, 5) is 16.5. The third-order valence-electron chi connectivity index (χ3n) is 3.59. The van der Waals surface area contributed by atoms with Gasteiger partial charge in [0, 0.05) is 6.42 Å². The van der Waals surface area contributed by atoms with Gasteiger partial charge in [-0.3, -0.25) is 4.79 Å². The first-order valence-electron chi connectivity index (χ1n) is 6.76. The van der Waals surface area contributed by atoms with Crippen LogP contribution in [0.15, 0.2) is 17.6 Å². The molecule has 0 spiro atoms. The van der Waals surface area contributed by atoms with Gasteiger partial charge in [-0.2, -0.15) is 0 Å². The van der Waals surface area contributed by atoms with E-state index in [4.69, 9.17) is 11.6 Å². The molecule has 0 bridgehead atoms. The molecule has 1 aliphatic rings. The van der Waals surface area contributed by atoms with Gasteiger partial charge in [0.2, 0.25) is 5.91 Å². The highest BCUT2D eigenvalue weighted by Crippen LogP contribution is 2.32. The monoisotopic (exact) mass is 309 g/mol. The van der Waals surface area contributed by atoms with E-state index in [1.54, 1.807) is 22.9 Å². The summed E-state index contributed by atoms with van der Waals surface area (Å²) in [5, 5.41) is 6.80. The lowest BCUT2D eigenvalue weighted by atomic mass is 9.96. The number of benzene rings is 1. The highest BCUT2D eigenvalue weighted by molar-refractivity contribution is 7.16. The van der Waals surface area contributed by atoms with Crippen LogP contribution in [0.3, 0.4) is 0 Å². The lowest BCUT2D eigenvalue weighted by Gasteiger charge is -2.22. The van der Waals surface area contributed by atoms with Crippen LogP contribution in [-0.2, 0) is 4.79 Å². The van der Waals surface area contributed by atoms with E-state index in [1.165, 1.54) is 0 Å². The molecule has 1 aromatic heterocycles. The molecule has 0 aliphatic carbocycles. The first kappa shape index (κ1) is 13.8. The Morgan fingerprint density at radius 2 is 2.45 bits per heavy atom. The van der Waals surface area contributed by atoms with Gasteiger partial charge in [0.05, 0.1) is 20.9 Å². The Morgan fingerprint density at radius 1 is 1.55 bits per heavy atom. The molecule has 1 saturated heterocycles. The standard InChI is InChI=1S/C14H16ClN3OS/c15-10-3-4-11-14(17-8-20-11)13(10)18-12(19)6-9-2-1-5-16-7-9/h3-4,8-9,16H,1-2,5-7H2,(H,18,19). The number of piperidine rings is 1. The average Bonchev–Trinajstić information content (AvgIpc) is 2.92. The number of aromatic nitrogens is 1. The van der Waals surface area contributed by atoms with E-state index in [2.05, 4.69) is 15.6 Å². The maximum atomic E-state index is 12.2. The molecular weight excluding hydrogens is 294 g/mol. The topological polar surface area (TPSA) is 54.0 Å². The molecule has 1 aromatic carbocycles. The minimum absolute atomic E-state index is 0.0149. The second-order valence-electron chi connectivity index (χ2n) is 5.09. The summed E-state index contributed by atoms with van der Waals surface area (Å²) in [6.45, 7) is 1.98. The molecule has 1 aliphatic heterocycles. The van der Waals surface area contributed by atoms with Crippen LogP contribution in [0.5, 0.6) is 0 Å². The number of halogens is 1. The molecule has 4 nitrogen and oxygen atoms in total. The molecule has 1 amide bonds. The van der Waals surface area contributed by atoms with Gasteiger partial charge >= 0.3 is 0 Å². The molecule has 1 fully saturated rings. The van der Waals surface area contributed by atoms with Crippen molar-refractivity contribution in [3.63, 3.8) is 0 Å². The van der Waals surface area contributed by atoms with Crippen LogP contribution in [0.2, 0.25) is 5.02 Å². The van der Waals surface area contributed by atoms with E-state index in [9.17, 15) is 4.79 Å². The Kier molecular flexibility index (Phi) is 4.19. The van der Waals surface area contributed by atoms with Gasteiger partial charge in [0.25, 0.3) is 0 Å². The predicted molar refractivity (Wildman–Crippen MR) is 83.5 cm³/mol. The summed E-state index contributed by atoms with van der Waals surface area (Å²) < 4.78 is 1.03. The van der Waals surface area contributed by atoms with Crippen molar-refractivity contribution in [2.75, 3.05) is 18.4 Å². The van der Waals surface area contributed by atoms with Crippen LogP contribution >= 0.6 is 22.9 Å². The summed E-state index contributed by atoms with van der Waals surface area (Å²) >= 11 is 7.73. The number of carbonyl (C=O) groups is 1. The number of rotatable bonds is 3. The maximum Gasteiger partial charge on any atom is 0.224 e. The third kappa shape index (κ3) is 2.95. The normalized spacial score (nSPS) is 19.1. The zero-order chi connectivity index (χ0) is 13.9. The SMILES string of the molecule is O=C(CC1CCCNC1)Nc1c(Cl)ccc2scnc12. The third-order valence-corrected chi connectivity index (χ3v) is 4.70. The van der Waals surface area contributed by atoms with Gasteiger partial charge < -0.3 is 10.6 Å². The smallest absolute Gasteiger partial charge is 0.224 e. The Morgan fingerprint density at radius 3 is 3.25 bits per heavy atom. The fourth-order valence-electron chi connectivity index (χ4n) is 2.58. The van der Waals surface area contributed by atoms with Gasteiger partial charge in [-0.1, -0.05) is 11.6 Å². The Labute approximate surface area is 126 Å². The second-order valence-corrected chi connectivity index (χ2v) is 6.38. The lowest BCUT2D eigenvalue weighted by Crippen LogP contribution is -2.32. The van der Waals surface area contributed by atoms with E-state index >= 15 is 0 Å². The number of nitrogens with one attached hydrogen (secondary N) is 2. The predicted octanol–water partition coefficient (Wildman–Crippen LogP) is 3.28. The minimum Gasteiger partial charge on any atom is -0.323 e. The van der Waals surface area contributed by atoms with Crippen molar-refractivity contribution in [2.45, 2.75) is 19.3 Å². The fourth-order valence-corrected chi connectivity index (χ4v) is 3.46. The number of hydrogen-bond donors (Lipinski definition) is 2. The molecule has 1 atom stereocenters. The molecule has 20 heavy (non-hydrogen) atoms. The van der Waals surface area contributed by atoms with Gasteiger partial charge in [-0.25, -0.2) is 4.98 Å². The first-order valence-corrected chi connectivity index (χ1v) is 8.02. The van der Waals surface area contributed by atoms with Crippen molar-refractivity contribution in [1.29, 1.82) is 0 Å². The zero-order valence-electron chi connectivity index (χ0n) is 11.0. The number of thiazole rings is 1. The van der Waals surface area contributed by atoms with Crippen LogP contribution in [0.4, 0.5) is 5.69 Å². The highest BCUT2D eigenvalue weighted by Gasteiger charge is 2.18. The van der Waals surface area contributed by atoms with Crippen molar-refractivity contribution >= 4 is 44.7 Å². The maximum absolute atomic E-state index is 12.2. The second kappa shape index (κ2) is 6.08. The number of carbonyl (C=O) groups excluding carboxylic acids is 1. The van der Waals surface area contributed by atoms with Gasteiger partial charge in [0.1, 0.15) is 5.52 Å². The van der Waals surface area contributed by atoms with Crippen LogP contribution in [0.25, 0.3) is 10.2 Å². The lowest BCUT2D eigenvalue weighted by molar-refractivity contribution is -0.117. The minimum atomic E-state index is 0.0149. The molecule has 2 N–H and O–H groups in total. The summed E-state index contributed by atoms with van der Waals surface area (Å²) in [6, 6.07) is 3.73. The Balaban J connectivity index is 1.73. The quantitative estimate of drug-likeness (QED) is 0.915. The van der Waals surface area contributed by atoms with E-state index in [0.717, 1.165) is 36.1 Å². The van der Waals surface area contributed by atoms with Gasteiger partial charge in [-0.05, 0) is 44.0 Å². The summed E-state index contributed by atoms with van der Waals surface area (Å²) in [7, 11) is 0. The van der Waals surface area contributed by atoms with E-state index < -0.39 is 0 Å². The first-order chi connectivity index (χ1) is 9.74. The van der Waals surface area contributed by atoms with Gasteiger partial charge in [-0.15, -0.1) is 11.3 Å². The molecule has 2 aromatic rings. The Bertz CT molecular complexity index is 622. The molecule has 1 unspecified atom stereocenters. The molecule has 106 valence electrons. The molecule has 3 rings (SSSR count). The number of anilines is 1. The average molecular weight is 310 g/mol. The molecule has 0 saturated carbocycles. The fraction of sp³-hybridized carbons (Fsp3) is 0.429. The van der Waals surface area contributed by atoms with E-state index in [1.807, 2.05) is 6.07 Å². The van der Waals surface area contributed by atoms with Crippen LogP contribution in [0, 0.1) is 5.92 Å². The summed E-state index contributed by atoms with van der Waals surface area (Å²) in [6.07, 6.45) is 2.78. The highest BCUT2D eigenvalue weighted by atomic mass is 35.5. The number of nitrogens with zero attached hydrogens (tertiary/aromatic N) is 1. The van der Waals surface area contributed by atoms with Crippen LogP contribution in [-0.4, -0.2) is 24.0 Å². The summed E-state index contributed by atoms with van der Waals surface area (Å²) in [5.41, 5.74) is 3.18. The van der Waals surface area contributed by atoms with Crippen LogP contribution < -0.4 is 10.6 Å². The number of fused-ring (bicyclic) bond motifs is 1. The Hall–Kier alpha value is -1.17. The largest absolute Gasteiger partial charge is 0.323 e. The molecular formula is C14H16ClN3OS. The van der Waals surface area contributed by atoms with Crippen molar-refractivity contribution in [2.24, 2.45) is 5.92 Å². The number of amides is 1. The zero-order valence-corrected chi connectivity index (χ0v) is 12.6. The van der Waals surface area contributed by atoms with Crippen molar-refractivity contribution in [3.05, 3.63) is 22.7 Å².